The van der Waals surface area contributed by atoms with Crippen molar-refractivity contribution in [3.05, 3.63) is 11.7 Å². The quantitative estimate of drug-likeness (QED) is 0.747. The van der Waals surface area contributed by atoms with E-state index in [1.807, 2.05) is 13.8 Å². The van der Waals surface area contributed by atoms with Crippen molar-refractivity contribution in [1.29, 1.82) is 0 Å². The summed E-state index contributed by atoms with van der Waals surface area (Å²) in [6.07, 6.45) is -3.16. The number of aromatic nitrogens is 2. The summed E-state index contributed by atoms with van der Waals surface area (Å²) in [7, 11) is 0. The highest BCUT2D eigenvalue weighted by Gasteiger charge is 2.41. The molecule has 1 rings (SSSR count). The lowest BCUT2D eigenvalue weighted by Gasteiger charge is -2.14. The molecule has 1 aromatic rings. The second-order valence-corrected chi connectivity index (χ2v) is 4.84. The predicted molar refractivity (Wildman–Crippen MR) is 61.3 cm³/mol. The summed E-state index contributed by atoms with van der Waals surface area (Å²) in [6, 6.07) is -0.459. The zero-order valence-electron chi connectivity index (χ0n) is 11.2. The van der Waals surface area contributed by atoms with Crippen molar-refractivity contribution in [3.63, 3.8) is 0 Å². The topological polar surface area (TPSA) is 74.2 Å². The lowest BCUT2D eigenvalue weighted by molar-refractivity contribution is -0.168. The Bertz CT molecular complexity index is 412. The van der Waals surface area contributed by atoms with E-state index in [0.717, 1.165) is 0 Å². The zero-order valence-corrected chi connectivity index (χ0v) is 11.2. The van der Waals surface area contributed by atoms with Gasteiger partial charge in [0.2, 0.25) is 5.89 Å². The Morgan fingerprint density at radius 2 is 2.00 bits per heavy atom. The van der Waals surface area contributed by atoms with Crippen molar-refractivity contribution in [2.45, 2.75) is 45.3 Å². The Kier molecular flexibility index (Phi) is 5.88. The maximum Gasteiger partial charge on any atom is 0.330 e. The SMILES string of the molecule is CC(C)C[C@@H](N)c1nc(COCC(F)(F)C(F)F)no1. The van der Waals surface area contributed by atoms with Gasteiger partial charge >= 0.3 is 12.3 Å². The molecule has 20 heavy (non-hydrogen) atoms. The molecule has 0 aliphatic rings. The fraction of sp³-hybridized carbons (Fsp3) is 0.818. The van der Waals surface area contributed by atoms with Gasteiger partial charge in [0.25, 0.3) is 0 Å². The van der Waals surface area contributed by atoms with Crippen molar-refractivity contribution in [3.8, 4) is 0 Å². The van der Waals surface area contributed by atoms with Crippen LogP contribution in [0.2, 0.25) is 0 Å². The highest BCUT2D eigenvalue weighted by Crippen LogP contribution is 2.23. The number of alkyl halides is 4. The molecule has 0 unspecified atom stereocenters. The van der Waals surface area contributed by atoms with Gasteiger partial charge in [-0.1, -0.05) is 19.0 Å². The minimum absolute atomic E-state index is 0.00993. The third-order valence-corrected chi connectivity index (χ3v) is 2.37. The van der Waals surface area contributed by atoms with E-state index in [2.05, 4.69) is 14.9 Å². The normalized spacial score (nSPS) is 14.2. The van der Waals surface area contributed by atoms with Crippen LogP contribution in [0.1, 0.15) is 38.0 Å². The molecule has 0 aliphatic heterocycles. The highest BCUT2D eigenvalue weighted by molar-refractivity contribution is 4.91. The van der Waals surface area contributed by atoms with E-state index in [0.29, 0.717) is 12.3 Å². The van der Waals surface area contributed by atoms with Crippen molar-refractivity contribution in [2.24, 2.45) is 11.7 Å². The molecule has 0 bridgehead atoms. The van der Waals surface area contributed by atoms with E-state index >= 15 is 0 Å². The third-order valence-electron chi connectivity index (χ3n) is 2.37. The Hall–Kier alpha value is -1.22. The summed E-state index contributed by atoms with van der Waals surface area (Å²) in [5.74, 6) is -3.72. The second kappa shape index (κ2) is 6.98. The maximum atomic E-state index is 12.6. The van der Waals surface area contributed by atoms with Crippen molar-refractivity contribution in [2.75, 3.05) is 6.61 Å². The molecule has 0 spiro atoms. The first kappa shape index (κ1) is 16.8. The summed E-state index contributed by atoms with van der Waals surface area (Å²) in [5.41, 5.74) is 5.79. The van der Waals surface area contributed by atoms with Gasteiger partial charge in [0.05, 0.1) is 6.04 Å². The molecule has 1 atom stereocenters. The molecule has 9 heteroatoms. The van der Waals surface area contributed by atoms with Gasteiger partial charge in [-0.2, -0.15) is 13.8 Å². The number of hydrogen-bond donors (Lipinski definition) is 1. The molecule has 0 fully saturated rings. The average Bonchev–Trinajstić information content (AvgIpc) is 2.76. The van der Waals surface area contributed by atoms with Crippen LogP contribution in [-0.4, -0.2) is 29.1 Å². The van der Waals surface area contributed by atoms with Gasteiger partial charge in [-0.25, -0.2) is 8.78 Å². The first-order valence-corrected chi connectivity index (χ1v) is 6.04. The zero-order chi connectivity index (χ0) is 15.3. The molecule has 0 aliphatic carbocycles. The number of hydrogen-bond acceptors (Lipinski definition) is 5. The molecular formula is C11H17F4N3O2. The molecule has 0 saturated heterocycles. The summed E-state index contributed by atoms with van der Waals surface area (Å²) >= 11 is 0. The molecule has 1 aromatic heterocycles. The maximum absolute atomic E-state index is 12.6. The fourth-order valence-corrected chi connectivity index (χ4v) is 1.43. The van der Waals surface area contributed by atoms with Crippen molar-refractivity contribution in [1.82, 2.24) is 10.1 Å². The van der Waals surface area contributed by atoms with Crippen molar-refractivity contribution < 1.29 is 26.8 Å². The molecule has 0 amide bonds. The van der Waals surface area contributed by atoms with Crippen LogP contribution in [0, 0.1) is 5.92 Å². The highest BCUT2D eigenvalue weighted by atomic mass is 19.3. The van der Waals surface area contributed by atoms with E-state index in [-0.39, 0.29) is 11.7 Å². The van der Waals surface area contributed by atoms with Gasteiger partial charge in [-0.05, 0) is 12.3 Å². The molecule has 5 nitrogen and oxygen atoms in total. The number of nitrogens with zero attached hydrogens (tertiary/aromatic N) is 2. The Balaban J connectivity index is 2.45. The Morgan fingerprint density at radius 1 is 1.35 bits per heavy atom. The van der Waals surface area contributed by atoms with E-state index in [9.17, 15) is 17.6 Å². The van der Waals surface area contributed by atoms with Crippen LogP contribution >= 0.6 is 0 Å². The first-order valence-electron chi connectivity index (χ1n) is 6.04. The lowest BCUT2D eigenvalue weighted by Crippen LogP contribution is -2.32. The smallest absolute Gasteiger partial charge is 0.330 e. The van der Waals surface area contributed by atoms with Gasteiger partial charge in [-0.3, -0.25) is 0 Å². The molecule has 116 valence electrons. The standard InChI is InChI=1S/C11H17F4N3O2/c1-6(2)3-7(16)9-17-8(18-20-9)4-19-5-11(14,15)10(12)13/h6-7,10H,3-5,16H2,1-2H3/t7-/m1/s1. The van der Waals surface area contributed by atoms with Crippen LogP contribution < -0.4 is 5.73 Å². The van der Waals surface area contributed by atoms with Crippen LogP contribution in [-0.2, 0) is 11.3 Å². The van der Waals surface area contributed by atoms with Crippen LogP contribution in [0.5, 0.6) is 0 Å². The van der Waals surface area contributed by atoms with Gasteiger partial charge in [0, 0.05) is 0 Å². The molecule has 0 saturated carbocycles. The van der Waals surface area contributed by atoms with Crippen LogP contribution in [0.4, 0.5) is 17.6 Å². The summed E-state index contributed by atoms with van der Waals surface area (Å²) < 4.78 is 58.2. The molecular weight excluding hydrogens is 282 g/mol. The largest absolute Gasteiger partial charge is 0.367 e. The van der Waals surface area contributed by atoms with Crippen molar-refractivity contribution >= 4 is 0 Å². The monoisotopic (exact) mass is 299 g/mol. The van der Waals surface area contributed by atoms with E-state index in [4.69, 9.17) is 10.3 Å². The van der Waals surface area contributed by atoms with Crippen LogP contribution in [0.25, 0.3) is 0 Å². The van der Waals surface area contributed by atoms with Crippen LogP contribution in [0.3, 0.4) is 0 Å². The Morgan fingerprint density at radius 3 is 2.55 bits per heavy atom. The third kappa shape index (κ3) is 5.04. The predicted octanol–water partition coefficient (Wildman–Crippen LogP) is 2.53. The number of rotatable bonds is 8. The van der Waals surface area contributed by atoms with E-state index in [1.165, 1.54) is 0 Å². The summed E-state index contributed by atoms with van der Waals surface area (Å²) in [6.45, 7) is 2.08. The first-order chi connectivity index (χ1) is 9.22. The number of nitrogens with two attached hydrogens (primary N) is 1. The van der Waals surface area contributed by atoms with E-state index < -0.39 is 31.6 Å². The summed E-state index contributed by atoms with van der Waals surface area (Å²) in [5, 5.41) is 3.49. The number of ether oxygens (including phenoxy) is 1. The van der Waals surface area contributed by atoms with Gasteiger partial charge in [0.15, 0.2) is 5.82 Å². The average molecular weight is 299 g/mol. The minimum atomic E-state index is -4.19. The van der Waals surface area contributed by atoms with Gasteiger partial charge < -0.3 is 15.0 Å². The fourth-order valence-electron chi connectivity index (χ4n) is 1.43. The van der Waals surface area contributed by atoms with Gasteiger partial charge in [-0.15, -0.1) is 0 Å². The van der Waals surface area contributed by atoms with Crippen LogP contribution in [0.15, 0.2) is 4.52 Å². The minimum Gasteiger partial charge on any atom is -0.367 e. The second-order valence-electron chi connectivity index (χ2n) is 4.84. The molecule has 1 heterocycles. The molecule has 0 radical (unpaired) electrons. The van der Waals surface area contributed by atoms with E-state index in [1.54, 1.807) is 0 Å². The summed E-state index contributed by atoms with van der Waals surface area (Å²) in [4.78, 5) is 3.87. The molecule has 0 aromatic carbocycles. The number of halogens is 4. The Labute approximate surface area is 113 Å². The van der Waals surface area contributed by atoms with Gasteiger partial charge in [0.1, 0.15) is 13.2 Å². The lowest BCUT2D eigenvalue weighted by atomic mass is 10.0. The molecule has 2 N–H and O–H groups in total.